The van der Waals surface area contributed by atoms with E-state index < -0.39 is 21.4 Å². The highest BCUT2D eigenvalue weighted by Gasteiger charge is 2.38. The van der Waals surface area contributed by atoms with Crippen LogP contribution in [0.15, 0.2) is 18.7 Å². The van der Waals surface area contributed by atoms with Gasteiger partial charge in [0.1, 0.15) is 23.5 Å². The summed E-state index contributed by atoms with van der Waals surface area (Å²) in [6.45, 7) is 3.58. The quantitative estimate of drug-likeness (QED) is 0.404. The van der Waals surface area contributed by atoms with Crippen molar-refractivity contribution < 1.29 is 22.6 Å². The summed E-state index contributed by atoms with van der Waals surface area (Å²) in [6, 6.07) is 0. The zero-order chi connectivity index (χ0) is 26.0. The third-order valence-corrected chi connectivity index (χ3v) is 8.19. The number of hydrogen-bond acceptors (Lipinski definition) is 11. The Morgan fingerprint density at radius 3 is 2.19 bits per heavy atom. The molecule has 1 fully saturated rings. The van der Waals surface area contributed by atoms with Crippen LogP contribution >= 0.6 is 11.6 Å². The highest BCUT2D eigenvalue weighted by Crippen LogP contribution is 2.44. The molecule has 1 saturated carbocycles. The lowest BCUT2D eigenvalue weighted by molar-refractivity contribution is 0.0950. The number of sulfonamides is 1. The van der Waals surface area contributed by atoms with E-state index in [1.807, 2.05) is 0 Å². The molecule has 0 radical (unpaired) electrons. The van der Waals surface area contributed by atoms with Gasteiger partial charge in [0.2, 0.25) is 27.7 Å². The van der Waals surface area contributed by atoms with Crippen molar-refractivity contribution in [2.75, 3.05) is 26.1 Å². The van der Waals surface area contributed by atoms with Crippen LogP contribution in [0.25, 0.3) is 5.69 Å². The molecule has 0 amide bonds. The van der Waals surface area contributed by atoms with Crippen LogP contribution < -0.4 is 14.2 Å². The maximum absolute atomic E-state index is 13.5. The Morgan fingerprint density at radius 1 is 1.06 bits per heavy atom. The molecule has 4 atom stereocenters. The molecule has 15 heteroatoms. The normalized spacial score (nSPS) is 19.3. The number of rotatable bonds is 10. The molecule has 1 aliphatic rings. The molecule has 0 saturated heterocycles. The Balaban J connectivity index is 1.78. The Kier molecular flexibility index (Phi) is 7.57. The summed E-state index contributed by atoms with van der Waals surface area (Å²) in [4.78, 5) is 16.6. The first-order valence-electron chi connectivity index (χ1n) is 11.1. The largest absolute Gasteiger partial charge is 0.479 e. The van der Waals surface area contributed by atoms with Gasteiger partial charge in [-0.1, -0.05) is 18.5 Å². The lowest BCUT2D eigenvalue weighted by atomic mass is 9.74. The number of nitrogens with zero attached hydrogens (tertiary/aromatic N) is 7. The predicted molar refractivity (Wildman–Crippen MR) is 130 cm³/mol. The molecular formula is C21H27ClN8O5S. The number of ether oxygens (including phenoxy) is 3. The Morgan fingerprint density at radius 2 is 1.69 bits per heavy atom. The SMILES string of the molecule is COc1ncnc(OC)c1-n1c(NS(=O)(=O)[C@@H](C)[C@H](OC)c2ncc(Cl)cn2)nnc1[C@@H]1CC[C@@H]1C. The molecule has 36 heavy (non-hydrogen) atoms. The van der Waals surface area contributed by atoms with Gasteiger partial charge in [-0.2, -0.15) is 9.97 Å². The van der Waals surface area contributed by atoms with E-state index >= 15 is 0 Å². The van der Waals surface area contributed by atoms with Gasteiger partial charge in [-0.3, -0.25) is 9.29 Å². The van der Waals surface area contributed by atoms with Crippen LogP contribution in [-0.2, 0) is 14.8 Å². The number of aromatic nitrogens is 7. The summed E-state index contributed by atoms with van der Waals surface area (Å²) in [7, 11) is 0.172. The minimum atomic E-state index is -4.10. The van der Waals surface area contributed by atoms with Gasteiger partial charge in [0.25, 0.3) is 0 Å². The molecule has 3 aromatic rings. The summed E-state index contributed by atoms with van der Waals surface area (Å²) in [6.07, 6.45) is 4.95. The molecule has 0 unspecified atom stereocenters. The topological polar surface area (TPSA) is 156 Å². The highest BCUT2D eigenvalue weighted by atomic mass is 35.5. The number of nitrogens with one attached hydrogen (secondary N) is 1. The van der Waals surface area contributed by atoms with Crippen LogP contribution in [0.1, 0.15) is 50.4 Å². The average molecular weight is 539 g/mol. The molecule has 0 aliphatic heterocycles. The summed E-state index contributed by atoms with van der Waals surface area (Å²) in [5.74, 6) is 1.39. The minimum absolute atomic E-state index is 0.0528. The third-order valence-electron chi connectivity index (χ3n) is 6.30. The maximum atomic E-state index is 13.5. The van der Waals surface area contributed by atoms with Gasteiger partial charge < -0.3 is 14.2 Å². The average Bonchev–Trinajstić information content (AvgIpc) is 3.24. The van der Waals surface area contributed by atoms with Crippen LogP contribution in [0.5, 0.6) is 11.8 Å². The van der Waals surface area contributed by atoms with Crippen LogP contribution in [0.3, 0.4) is 0 Å². The Labute approximate surface area is 213 Å². The number of hydrogen-bond donors (Lipinski definition) is 1. The first-order valence-corrected chi connectivity index (χ1v) is 13.0. The molecule has 1 aliphatic carbocycles. The van der Waals surface area contributed by atoms with Crippen molar-refractivity contribution in [2.24, 2.45) is 5.92 Å². The molecule has 194 valence electrons. The first-order chi connectivity index (χ1) is 17.2. The fourth-order valence-corrected chi connectivity index (χ4v) is 5.30. The van der Waals surface area contributed by atoms with E-state index in [0.717, 1.165) is 12.8 Å². The minimum Gasteiger partial charge on any atom is -0.479 e. The van der Waals surface area contributed by atoms with Crippen molar-refractivity contribution in [3.05, 3.63) is 35.4 Å². The maximum Gasteiger partial charge on any atom is 0.245 e. The Bertz CT molecular complexity index is 1300. The van der Waals surface area contributed by atoms with E-state index in [0.29, 0.717) is 16.8 Å². The molecule has 3 aromatic heterocycles. The zero-order valence-corrected chi connectivity index (χ0v) is 22.0. The first kappa shape index (κ1) is 26.0. The molecule has 4 rings (SSSR count). The summed E-state index contributed by atoms with van der Waals surface area (Å²) >= 11 is 5.87. The van der Waals surface area contributed by atoms with Gasteiger partial charge in [0.15, 0.2) is 11.5 Å². The van der Waals surface area contributed by atoms with Crippen LogP contribution in [0, 0.1) is 5.92 Å². The Hall–Kier alpha value is -3.10. The molecule has 0 spiro atoms. The standard InChI is InChI=1S/C21H27ClN8O5S/c1-11-6-7-14(11)18-27-28-21(30(18)15-19(34-4)25-10-26-20(15)35-5)29-36(31,32)12(2)16(33-3)17-23-8-13(22)9-24-17/h8-12,14,16H,6-7H2,1-5H3,(H,28,29)/t11-,12-,14+,16-/m0/s1. The molecule has 0 bridgehead atoms. The second-order valence-electron chi connectivity index (χ2n) is 8.39. The smallest absolute Gasteiger partial charge is 0.245 e. The van der Waals surface area contributed by atoms with Crippen molar-refractivity contribution in [3.63, 3.8) is 0 Å². The second-order valence-corrected chi connectivity index (χ2v) is 10.9. The molecule has 1 N–H and O–H groups in total. The molecule has 0 aromatic carbocycles. The van der Waals surface area contributed by atoms with Crippen molar-refractivity contribution in [1.29, 1.82) is 0 Å². The van der Waals surface area contributed by atoms with Crippen molar-refractivity contribution in [1.82, 2.24) is 34.7 Å². The van der Waals surface area contributed by atoms with Gasteiger partial charge in [0.05, 0.1) is 19.2 Å². The lowest BCUT2D eigenvalue weighted by Crippen LogP contribution is -2.33. The fourth-order valence-electron chi connectivity index (χ4n) is 4.07. The van der Waals surface area contributed by atoms with Crippen molar-refractivity contribution in [3.8, 4) is 17.4 Å². The lowest BCUT2D eigenvalue weighted by Gasteiger charge is -2.33. The monoisotopic (exact) mass is 538 g/mol. The van der Waals surface area contributed by atoms with Gasteiger partial charge in [-0.25, -0.2) is 18.4 Å². The zero-order valence-electron chi connectivity index (χ0n) is 20.4. The number of anilines is 1. The van der Waals surface area contributed by atoms with Crippen LogP contribution in [0.2, 0.25) is 5.02 Å². The van der Waals surface area contributed by atoms with E-state index in [2.05, 4.69) is 41.8 Å². The van der Waals surface area contributed by atoms with Gasteiger partial charge >= 0.3 is 0 Å². The fraction of sp³-hybridized carbons (Fsp3) is 0.524. The van der Waals surface area contributed by atoms with Gasteiger partial charge in [-0.05, 0) is 25.7 Å². The summed E-state index contributed by atoms with van der Waals surface area (Å²) in [5, 5.41) is 7.73. The molecule has 13 nitrogen and oxygen atoms in total. The van der Waals surface area contributed by atoms with Crippen molar-refractivity contribution in [2.45, 2.75) is 44.0 Å². The number of halogens is 1. The second kappa shape index (κ2) is 10.5. The van der Waals surface area contributed by atoms with E-state index in [1.54, 1.807) is 4.57 Å². The summed E-state index contributed by atoms with van der Waals surface area (Å²) in [5.41, 5.74) is 0.288. The molecule has 3 heterocycles. The summed E-state index contributed by atoms with van der Waals surface area (Å²) < 4.78 is 47.5. The van der Waals surface area contributed by atoms with E-state index in [1.165, 1.54) is 47.0 Å². The van der Waals surface area contributed by atoms with E-state index in [4.69, 9.17) is 25.8 Å². The highest BCUT2D eigenvalue weighted by molar-refractivity contribution is 7.93. The predicted octanol–water partition coefficient (Wildman–Crippen LogP) is 2.55. The molecular weight excluding hydrogens is 512 g/mol. The van der Waals surface area contributed by atoms with Crippen LogP contribution in [0.4, 0.5) is 5.95 Å². The van der Waals surface area contributed by atoms with E-state index in [-0.39, 0.29) is 35.1 Å². The van der Waals surface area contributed by atoms with E-state index in [9.17, 15) is 8.42 Å². The van der Waals surface area contributed by atoms with Gasteiger partial charge in [0, 0.05) is 25.4 Å². The third kappa shape index (κ3) is 4.80. The van der Waals surface area contributed by atoms with Crippen molar-refractivity contribution >= 4 is 27.6 Å². The van der Waals surface area contributed by atoms with Gasteiger partial charge in [-0.15, -0.1) is 10.2 Å². The van der Waals surface area contributed by atoms with Crippen LogP contribution in [-0.4, -0.2) is 69.7 Å². The number of methoxy groups -OCH3 is 3.